The first-order valence-electron chi connectivity index (χ1n) is 11.3. The van der Waals surface area contributed by atoms with Crippen LogP contribution in [-0.4, -0.2) is 55.0 Å². The molecule has 0 radical (unpaired) electrons. The average Bonchev–Trinajstić information content (AvgIpc) is 3.33. The Morgan fingerprint density at radius 3 is 2.57 bits per heavy atom. The number of anilines is 1. The molecule has 2 aliphatic rings. The highest BCUT2D eigenvalue weighted by Gasteiger charge is 2.32. The van der Waals surface area contributed by atoms with Gasteiger partial charge in [0, 0.05) is 25.9 Å². The molecule has 1 unspecified atom stereocenters. The molecule has 0 saturated carbocycles. The molecule has 0 bridgehead atoms. The number of nitrogens with one attached hydrogen (secondary N) is 1. The van der Waals surface area contributed by atoms with Crippen molar-refractivity contribution in [2.45, 2.75) is 38.1 Å². The van der Waals surface area contributed by atoms with Crippen molar-refractivity contribution in [2.24, 2.45) is 10.3 Å². The number of hydrogen-bond donors (Lipinski definition) is 1. The van der Waals surface area contributed by atoms with Gasteiger partial charge in [0.25, 0.3) is 0 Å². The standard InChI is InChI=1S/C24H26F3N5O3/c1-16-5-2-3-8-21(16)32-15-20(29-30-32)23(34)28-14-22(33)31-11-9-18(10-12-31)35-19-7-4-6-17(13-19)24(25,26)27/h2-8,13,18,20H,9-12,14-15H2,1H3,(H,28,34). The van der Waals surface area contributed by atoms with E-state index in [1.807, 2.05) is 31.2 Å². The Balaban J connectivity index is 1.20. The monoisotopic (exact) mass is 489 g/mol. The topological polar surface area (TPSA) is 86.6 Å². The van der Waals surface area contributed by atoms with Crippen molar-refractivity contribution in [3.05, 3.63) is 59.7 Å². The van der Waals surface area contributed by atoms with E-state index >= 15 is 0 Å². The fraction of sp³-hybridized carbons (Fsp3) is 0.417. The minimum absolute atomic E-state index is 0.155. The Labute approximate surface area is 200 Å². The summed E-state index contributed by atoms with van der Waals surface area (Å²) >= 11 is 0. The van der Waals surface area contributed by atoms with Gasteiger partial charge in [-0.3, -0.25) is 9.59 Å². The fourth-order valence-corrected chi connectivity index (χ4v) is 4.05. The third-order valence-corrected chi connectivity index (χ3v) is 6.01. The Morgan fingerprint density at radius 2 is 1.86 bits per heavy atom. The van der Waals surface area contributed by atoms with E-state index in [-0.39, 0.29) is 30.2 Å². The number of carbonyl (C=O) groups excluding carboxylic acids is 2. The zero-order valence-corrected chi connectivity index (χ0v) is 19.2. The Morgan fingerprint density at radius 1 is 1.11 bits per heavy atom. The van der Waals surface area contributed by atoms with Gasteiger partial charge in [-0.15, -0.1) is 0 Å². The summed E-state index contributed by atoms with van der Waals surface area (Å²) in [6.07, 6.45) is -3.75. The van der Waals surface area contributed by atoms with Crippen LogP contribution in [0.3, 0.4) is 0 Å². The number of halogens is 3. The summed E-state index contributed by atoms with van der Waals surface area (Å²) in [4.78, 5) is 26.6. The molecule has 2 aromatic carbocycles. The number of ether oxygens (including phenoxy) is 1. The van der Waals surface area contributed by atoms with Gasteiger partial charge in [-0.05, 0) is 36.8 Å². The summed E-state index contributed by atoms with van der Waals surface area (Å²) in [5, 5.41) is 12.4. The maximum atomic E-state index is 12.9. The predicted molar refractivity (Wildman–Crippen MR) is 122 cm³/mol. The van der Waals surface area contributed by atoms with Crippen LogP contribution < -0.4 is 15.1 Å². The van der Waals surface area contributed by atoms with E-state index < -0.39 is 17.8 Å². The number of piperidine rings is 1. The zero-order valence-electron chi connectivity index (χ0n) is 19.2. The molecule has 11 heteroatoms. The Bertz CT molecular complexity index is 1100. The van der Waals surface area contributed by atoms with Gasteiger partial charge in [0.15, 0.2) is 6.04 Å². The van der Waals surface area contributed by atoms with Crippen LogP contribution in [-0.2, 0) is 15.8 Å². The molecule has 0 spiro atoms. The lowest BCUT2D eigenvalue weighted by Gasteiger charge is -2.32. The number of benzene rings is 2. The van der Waals surface area contributed by atoms with E-state index in [1.165, 1.54) is 12.1 Å². The molecule has 4 rings (SSSR count). The summed E-state index contributed by atoms with van der Waals surface area (Å²) in [7, 11) is 0. The van der Waals surface area contributed by atoms with Crippen molar-refractivity contribution in [3.8, 4) is 5.75 Å². The number of rotatable bonds is 6. The smallest absolute Gasteiger partial charge is 0.416 e. The summed E-state index contributed by atoms with van der Waals surface area (Å²) in [6.45, 7) is 2.87. The number of para-hydroxylation sites is 1. The third kappa shape index (κ3) is 6.09. The summed E-state index contributed by atoms with van der Waals surface area (Å²) in [6, 6.07) is 11.7. The Hall–Kier alpha value is -3.63. The van der Waals surface area contributed by atoms with Gasteiger partial charge in [0.1, 0.15) is 11.9 Å². The Kier molecular flexibility index (Phi) is 7.23. The lowest BCUT2D eigenvalue weighted by atomic mass is 10.1. The predicted octanol–water partition coefficient (Wildman–Crippen LogP) is 3.76. The van der Waals surface area contributed by atoms with Crippen molar-refractivity contribution in [2.75, 3.05) is 31.2 Å². The molecule has 35 heavy (non-hydrogen) atoms. The van der Waals surface area contributed by atoms with E-state index in [2.05, 4.69) is 15.7 Å². The zero-order chi connectivity index (χ0) is 25.0. The fourth-order valence-electron chi connectivity index (χ4n) is 4.05. The molecule has 8 nitrogen and oxygen atoms in total. The lowest BCUT2D eigenvalue weighted by molar-refractivity contribution is -0.138. The van der Waals surface area contributed by atoms with Gasteiger partial charge >= 0.3 is 6.18 Å². The molecule has 186 valence electrons. The van der Waals surface area contributed by atoms with Gasteiger partial charge in [-0.25, -0.2) is 5.01 Å². The van der Waals surface area contributed by atoms with Gasteiger partial charge in [-0.2, -0.15) is 18.3 Å². The van der Waals surface area contributed by atoms with E-state index in [4.69, 9.17) is 4.74 Å². The number of alkyl halides is 3. The number of amides is 2. The van der Waals surface area contributed by atoms with Crippen molar-refractivity contribution >= 4 is 17.5 Å². The second-order valence-electron chi connectivity index (χ2n) is 8.53. The van der Waals surface area contributed by atoms with Gasteiger partial charge < -0.3 is 15.0 Å². The molecule has 2 amide bonds. The minimum Gasteiger partial charge on any atom is -0.490 e. The van der Waals surface area contributed by atoms with Crippen molar-refractivity contribution in [1.29, 1.82) is 0 Å². The van der Waals surface area contributed by atoms with Crippen LogP contribution >= 0.6 is 0 Å². The van der Waals surface area contributed by atoms with Crippen LogP contribution in [0, 0.1) is 6.92 Å². The number of hydrogen-bond acceptors (Lipinski definition) is 6. The van der Waals surface area contributed by atoms with Crippen molar-refractivity contribution < 1.29 is 27.5 Å². The van der Waals surface area contributed by atoms with Crippen molar-refractivity contribution in [1.82, 2.24) is 10.2 Å². The molecule has 1 N–H and O–H groups in total. The number of nitrogens with zero attached hydrogens (tertiary/aromatic N) is 4. The highest BCUT2D eigenvalue weighted by atomic mass is 19.4. The molecule has 1 atom stereocenters. The second-order valence-corrected chi connectivity index (χ2v) is 8.53. The van der Waals surface area contributed by atoms with E-state index in [0.717, 1.165) is 23.4 Å². The van der Waals surface area contributed by atoms with Gasteiger partial charge in [-0.1, -0.05) is 29.5 Å². The molecule has 0 aliphatic carbocycles. The molecular weight excluding hydrogens is 463 g/mol. The van der Waals surface area contributed by atoms with E-state index in [9.17, 15) is 22.8 Å². The SMILES string of the molecule is Cc1ccccc1N1CC(C(=O)NCC(=O)N2CCC(Oc3cccc(C(F)(F)F)c3)CC2)N=N1. The molecule has 2 aromatic rings. The van der Waals surface area contributed by atoms with Crippen molar-refractivity contribution in [3.63, 3.8) is 0 Å². The van der Waals surface area contributed by atoms with Gasteiger partial charge in [0.05, 0.1) is 24.3 Å². The second kappa shape index (κ2) is 10.3. The van der Waals surface area contributed by atoms with E-state index in [1.54, 1.807) is 9.91 Å². The molecule has 0 aromatic heterocycles. The average molecular weight is 489 g/mol. The molecular formula is C24H26F3N5O3. The number of aryl methyl sites for hydroxylation is 1. The lowest BCUT2D eigenvalue weighted by Crippen LogP contribution is -2.47. The van der Waals surface area contributed by atoms with Crippen LogP contribution in [0.15, 0.2) is 58.9 Å². The molecule has 2 heterocycles. The first-order valence-corrected chi connectivity index (χ1v) is 11.3. The highest BCUT2D eigenvalue weighted by molar-refractivity contribution is 5.88. The quantitative estimate of drug-likeness (QED) is 0.670. The first kappa shape index (κ1) is 24.5. The highest BCUT2D eigenvalue weighted by Crippen LogP contribution is 2.32. The normalized spacial score (nSPS) is 18.6. The molecule has 2 aliphatic heterocycles. The van der Waals surface area contributed by atoms with Crippen LogP contribution in [0.4, 0.5) is 18.9 Å². The maximum absolute atomic E-state index is 12.9. The third-order valence-electron chi connectivity index (χ3n) is 6.01. The summed E-state index contributed by atoms with van der Waals surface area (Å²) in [5.41, 5.74) is 1.13. The van der Waals surface area contributed by atoms with Crippen LogP contribution in [0.25, 0.3) is 0 Å². The minimum atomic E-state index is -4.43. The van der Waals surface area contributed by atoms with E-state index in [0.29, 0.717) is 32.5 Å². The summed E-state index contributed by atoms with van der Waals surface area (Å²) in [5.74, 6) is -0.454. The molecule has 1 fully saturated rings. The van der Waals surface area contributed by atoms with Gasteiger partial charge in [0.2, 0.25) is 11.8 Å². The van der Waals surface area contributed by atoms with Crippen LogP contribution in [0.2, 0.25) is 0 Å². The number of carbonyl (C=O) groups is 2. The number of likely N-dealkylation sites (tertiary alicyclic amines) is 1. The molecule has 1 saturated heterocycles. The van der Waals surface area contributed by atoms with Crippen LogP contribution in [0.1, 0.15) is 24.0 Å². The van der Waals surface area contributed by atoms with Crippen LogP contribution in [0.5, 0.6) is 5.75 Å². The summed E-state index contributed by atoms with van der Waals surface area (Å²) < 4.78 is 44.4. The maximum Gasteiger partial charge on any atom is 0.416 e. The largest absolute Gasteiger partial charge is 0.490 e. The first-order chi connectivity index (χ1) is 16.7.